The molecule has 2 fully saturated rings. The lowest BCUT2D eigenvalue weighted by molar-refractivity contribution is 0.0901. The Balaban J connectivity index is 1.53. The van der Waals surface area contributed by atoms with E-state index >= 15 is 0 Å². The third kappa shape index (κ3) is 3.99. The Labute approximate surface area is 148 Å². The fraction of sp³-hybridized carbons (Fsp3) is 0.588. The number of ketones is 1. The van der Waals surface area contributed by atoms with Gasteiger partial charge in [0.05, 0.1) is 11.8 Å². The Hall–Kier alpha value is -0.950. The van der Waals surface area contributed by atoms with Gasteiger partial charge in [-0.25, -0.2) is 8.42 Å². The third-order valence-electron chi connectivity index (χ3n) is 4.95. The van der Waals surface area contributed by atoms with Crippen LogP contribution in [0.25, 0.3) is 0 Å². The van der Waals surface area contributed by atoms with Gasteiger partial charge in [0.2, 0.25) is 10.0 Å². The molecule has 1 aliphatic carbocycles. The van der Waals surface area contributed by atoms with Gasteiger partial charge in [-0.3, -0.25) is 9.69 Å². The molecule has 1 heterocycles. The molecule has 0 unspecified atom stereocenters. The van der Waals surface area contributed by atoms with Gasteiger partial charge < -0.3 is 0 Å². The van der Waals surface area contributed by atoms with Crippen LogP contribution >= 0.6 is 11.6 Å². The van der Waals surface area contributed by atoms with Crippen molar-refractivity contribution in [3.05, 3.63) is 34.9 Å². The SMILES string of the molecule is O=C(CN1CCN(S(=O)(=O)C2CCCC2)CC1)c1ccc(Cl)cc1. The van der Waals surface area contributed by atoms with Crippen molar-refractivity contribution in [2.45, 2.75) is 30.9 Å². The van der Waals surface area contributed by atoms with Crippen LogP contribution in [-0.2, 0) is 10.0 Å². The molecule has 1 aromatic rings. The van der Waals surface area contributed by atoms with Crippen molar-refractivity contribution in [2.24, 2.45) is 0 Å². The van der Waals surface area contributed by atoms with Gasteiger partial charge in [0, 0.05) is 36.8 Å². The van der Waals surface area contributed by atoms with Crippen molar-refractivity contribution in [3.63, 3.8) is 0 Å². The molecule has 1 aliphatic heterocycles. The monoisotopic (exact) mass is 370 g/mol. The number of carbonyl (C=O) groups is 1. The number of sulfonamides is 1. The first-order valence-electron chi connectivity index (χ1n) is 8.47. The number of rotatable bonds is 5. The lowest BCUT2D eigenvalue weighted by atomic mass is 10.1. The van der Waals surface area contributed by atoms with E-state index in [-0.39, 0.29) is 11.0 Å². The van der Waals surface area contributed by atoms with E-state index in [9.17, 15) is 13.2 Å². The largest absolute Gasteiger partial charge is 0.293 e. The van der Waals surface area contributed by atoms with Gasteiger partial charge in [0.25, 0.3) is 0 Å². The number of halogens is 1. The third-order valence-corrected chi connectivity index (χ3v) is 7.60. The van der Waals surface area contributed by atoms with Crippen LogP contribution in [0.4, 0.5) is 0 Å². The molecule has 1 saturated carbocycles. The summed E-state index contributed by atoms with van der Waals surface area (Å²) in [5, 5.41) is 0.414. The van der Waals surface area contributed by atoms with E-state index in [1.807, 2.05) is 4.90 Å². The van der Waals surface area contributed by atoms with E-state index in [0.29, 0.717) is 43.3 Å². The maximum absolute atomic E-state index is 12.6. The van der Waals surface area contributed by atoms with E-state index in [1.54, 1.807) is 28.6 Å². The Bertz CT molecular complexity index is 676. The lowest BCUT2D eigenvalue weighted by Crippen LogP contribution is -2.51. The summed E-state index contributed by atoms with van der Waals surface area (Å²) in [7, 11) is -3.16. The maximum atomic E-state index is 12.6. The quantitative estimate of drug-likeness (QED) is 0.747. The summed E-state index contributed by atoms with van der Waals surface area (Å²) in [5.41, 5.74) is 0.639. The van der Waals surface area contributed by atoms with Crippen molar-refractivity contribution in [1.29, 1.82) is 0 Å². The van der Waals surface area contributed by atoms with Crippen LogP contribution in [0.1, 0.15) is 36.0 Å². The highest BCUT2D eigenvalue weighted by molar-refractivity contribution is 7.89. The number of Topliss-reactive ketones (excluding diaryl/α,β-unsaturated/α-hetero) is 1. The predicted molar refractivity (Wildman–Crippen MR) is 95.0 cm³/mol. The number of carbonyl (C=O) groups excluding carboxylic acids is 1. The summed E-state index contributed by atoms with van der Waals surface area (Å²) in [5.74, 6) is 0.0405. The van der Waals surface area contributed by atoms with Gasteiger partial charge in [-0.05, 0) is 37.1 Å². The summed E-state index contributed by atoms with van der Waals surface area (Å²) >= 11 is 5.84. The molecule has 1 aromatic carbocycles. The van der Waals surface area contributed by atoms with Gasteiger partial charge >= 0.3 is 0 Å². The second-order valence-corrected chi connectivity index (χ2v) is 9.21. The van der Waals surface area contributed by atoms with E-state index in [0.717, 1.165) is 25.7 Å². The number of hydrogen-bond donors (Lipinski definition) is 0. The molecule has 132 valence electrons. The van der Waals surface area contributed by atoms with Crippen LogP contribution in [0.3, 0.4) is 0 Å². The number of piperazine rings is 1. The van der Waals surface area contributed by atoms with Crippen molar-refractivity contribution in [2.75, 3.05) is 32.7 Å². The molecule has 0 radical (unpaired) electrons. The first kappa shape index (κ1) is 17.9. The number of hydrogen-bond acceptors (Lipinski definition) is 4. The first-order chi connectivity index (χ1) is 11.5. The summed E-state index contributed by atoms with van der Waals surface area (Å²) in [4.78, 5) is 14.3. The minimum atomic E-state index is -3.16. The van der Waals surface area contributed by atoms with Gasteiger partial charge in [-0.1, -0.05) is 24.4 Å². The molecule has 1 saturated heterocycles. The van der Waals surface area contributed by atoms with E-state index in [2.05, 4.69) is 0 Å². The summed E-state index contributed by atoms with van der Waals surface area (Å²) < 4.78 is 26.8. The van der Waals surface area contributed by atoms with Crippen LogP contribution in [0.5, 0.6) is 0 Å². The summed E-state index contributed by atoms with van der Waals surface area (Å²) in [6.45, 7) is 2.48. The standard InChI is InChI=1S/C17H23ClN2O3S/c18-15-7-5-14(6-8-15)17(21)13-19-9-11-20(12-10-19)24(22,23)16-3-1-2-4-16/h5-8,16H,1-4,9-13H2. The van der Waals surface area contributed by atoms with Crippen molar-refractivity contribution < 1.29 is 13.2 Å². The molecule has 0 atom stereocenters. The fourth-order valence-corrected chi connectivity index (χ4v) is 5.62. The molecule has 7 heteroatoms. The fourth-order valence-electron chi connectivity index (χ4n) is 3.47. The molecule has 5 nitrogen and oxygen atoms in total. The number of nitrogens with zero attached hydrogens (tertiary/aromatic N) is 2. The zero-order valence-corrected chi connectivity index (χ0v) is 15.2. The molecule has 0 amide bonds. The van der Waals surface area contributed by atoms with Crippen molar-refractivity contribution in [1.82, 2.24) is 9.21 Å². The highest BCUT2D eigenvalue weighted by Crippen LogP contribution is 2.27. The molecule has 0 aromatic heterocycles. The van der Waals surface area contributed by atoms with Gasteiger partial charge in [-0.15, -0.1) is 0 Å². The van der Waals surface area contributed by atoms with Crippen LogP contribution in [-0.4, -0.2) is 61.4 Å². The average molecular weight is 371 g/mol. The molecular formula is C17H23ClN2O3S. The highest BCUT2D eigenvalue weighted by Gasteiger charge is 2.35. The predicted octanol–water partition coefficient (Wildman–Crippen LogP) is 2.41. The molecule has 2 aliphatic rings. The van der Waals surface area contributed by atoms with Gasteiger partial charge in [0.15, 0.2) is 5.78 Å². The van der Waals surface area contributed by atoms with E-state index in [1.165, 1.54) is 0 Å². The van der Waals surface area contributed by atoms with Gasteiger partial charge in [0.1, 0.15) is 0 Å². The Kier molecular flexibility index (Phi) is 5.59. The summed E-state index contributed by atoms with van der Waals surface area (Å²) in [6, 6.07) is 6.87. The first-order valence-corrected chi connectivity index (χ1v) is 10.3. The average Bonchev–Trinajstić information content (AvgIpc) is 3.11. The molecular weight excluding hydrogens is 348 g/mol. The minimum absolute atomic E-state index is 0.0405. The molecule has 3 rings (SSSR count). The maximum Gasteiger partial charge on any atom is 0.217 e. The van der Waals surface area contributed by atoms with Crippen molar-refractivity contribution >= 4 is 27.4 Å². The van der Waals surface area contributed by atoms with Crippen LogP contribution in [0, 0.1) is 0 Å². The zero-order valence-electron chi connectivity index (χ0n) is 13.7. The summed E-state index contributed by atoms with van der Waals surface area (Å²) in [6.07, 6.45) is 3.61. The number of benzene rings is 1. The molecule has 24 heavy (non-hydrogen) atoms. The smallest absolute Gasteiger partial charge is 0.217 e. The molecule has 0 bridgehead atoms. The molecule has 0 spiro atoms. The van der Waals surface area contributed by atoms with Crippen LogP contribution in [0.15, 0.2) is 24.3 Å². The van der Waals surface area contributed by atoms with Crippen molar-refractivity contribution in [3.8, 4) is 0 Å². The Morgan fingerprint density at radius 2 is 1.62 bits per heavy atom. The minimum Gasteiger partial charge on any atom is -0.293 e. The Morgan fingerprint density at radius 3 is 2.21 bits per heavy atom. The van der Waals surface area contributed by atoms with E-state index < -0.39 is 10.0 Å². The second-order valence-electron chi connectivity index (χ2n) is 6.56. The normalized spacial score (nSPS) is 21.2. The second kappa shape index (κ2) is 7.52. The van der Waals surface area contributed by atoms with Crippen LogP contribution < -0.4 is 0 Å². The lowest BCUT2D eigenvalue weighted by Gasteiger charge is -2.35. The zero-order chi connectivity index (χ0) is 17.2. The van der Waals surface area contributed by atoms with E-state index in [4.69, 9.17) is 11.6 Å². The topological polar surface area (TPSA) is 57.7 Å². The van der Waals surface area contributed by atoms with Gasteiger partial charge in [-0.2, -0.15) is 4.31 Å². The van der Waals surface area contributed by atoms with Crippen LogP contribution in [0.2, 0.25) is 5.02 Å². The molecule has 0 N–H and O–H groups in total. The highest BCUT2D eigenvalue weighted by atomic mass is 35.5. The Morgan fingerprint density at radius 1 is 1.04 bits per heavy atom.